The Morgan fingerprint density at radius 3 is 2.58 bits per heavy atom. The van der Waals surface area contributed by atoms with Crippen molar-refractivity contribution < 1.29 is 34.0 Å². The summed E-state index contributed by atoms with van der Waals surface area (Å²) in [4.78, 5) is 23.5. The number of aliphatic hydroxyl groups excluding tert-OH is 1. The highest BCUT2D eigenvalue weighted by atomic mass is 16.6. The van der Waals surface area contributed by atoms with Crippen LogP contribution in [0.15, 0.2) is 60.7 Å². The van der Waals surface area contributed by atoms with Crippen molar-refractivity contribution in [1.29, 1.82) is 0 Å². The van der Waals surface area contributed by atoms with Crippen LogP contribution in [0.5, 0.6) is 5.75 Å². The number of nitrogens with one attached hydrogen (secondary N) is 1. The zero-order chi connectivity index (χ0) is 24.1. The molecule has 8 heteroatoms. The van der Waals surface area contributed by atoms with Crippen LogP contribution >= 0.6 is 0 Å². The van der Waals surface area contributed by atoms with Gasteiger partial charge in [0.25, 0.3) is 0 Å². The molecule has 0 saturated carbocycles. The minimum Gasteiger partial charge on any atom is -0.491 e. The molecule has 3 N–H and O–H groups in total. The van der Waals surface area contributed by atoms with Crippen LogP contribution in [-0.2, 0) is 14.3 Å². The fourth-order valence-corrected chi connectivity index (χ4v) is 3.18. The van der Waals surface area contributed by atoms with E-state index in [0.29, 0.717) is 36.4 Å². The number of anilines is 1. The highest BCUT2D eigenvalue weighted by Gasteiger charge is 2.28. The lowest BCUT2D eigenvalue weighted by molar-refractivity contribution is -0.131. The second kappa shape index (κ2) is 13.9. The molecular weight excluding hydrogens is 426 g/mol. The molecule has 2 atom stereocenters. The molecule has 8 nitrogen and oxygen atoms in total. The molecule has 0 heterocycles. The Balaban J connectivity index is 2.25. The zero-order valence-electron chi connectivity index (χ0n) is 18.9. The number of aliphatic carboxylic acids is 1. The van der Waals surface area contributed by atoms with E-state index in [-0.39, 0.29) is 13.2 Å². The highest BCUT2D eigenvalue weighted by Crippen LogP contribution is 2.30. The van der Waals surface area contributed by atoms with E-state index in [2.05, 4.69) is 5.32 Å². The maximum Gasteiger partial charge on any atom is 0.412 e. The standard InChI is InChI=1S/C25H31NO7/c1-3-31-22(9-4-5-10-23(28)29)24(19-7-6-8-21(17-19)32-16-15-27)33-25(30)26-20-13-11-18(2)12-14-20/h5-8,10-14,17,22,24,27H,3-4,9,15-16H2,1-2H3,(H,26,30)(H,28,29)/b10-5+/t22-,24-/m0/s1. The van der Waals surface area contributed by atoms with Crippen molar-refractivity contribution in [2.45, 2.75) is 38.9 Å². The molecule has 0 fully saturated rings. The van der Waals surface area contributed by atoms with Crippen molar-refractivity contribution in [2.75, 3.05) is 25.1 Å². The number of carboxylic acids is 1. The van der Waals surface area contributed by atoms with Crippen molar-refractivity contribution in [1.82, 2.24) is 0 Å². The van der Waals surface area contributed by atoms with Gasteiger partial charge in [-0.05, 0) is 56.5 Å². The number of carboxylic acid groups (broad SMARTS) is 1. The molecule has 2 rings (SSSR count). The Morgan fingerprint density at radius 1 is 1.15 bits per heavy atom. The summed E-state index contributed by atoms with van der Waals surface area (Å²) < 4.78 is 17.2. The van der Waals surface area contributed by atoms with Gasteiger partial charge in [-0.15, -0.1) is 0 Å². The first-order valence-corrected chi connectivity index (χ1v) is 10.8. The van der Waals surface area contributed by atoms with Crippen LogP contribution in [-0.4, -0.2) is 48.2 Å². The van der Waals surface area contributed by atoms with Crippen LogP contribution < -0.4 is 10.1 Å². The lowest BCUT2D eigenvalue weighted by Crippen LogP contribution is -2.29. The predicted molar refractivity (Wildman–Crippen MR) is 124 cm³/mol. The lowest BCUT2D eigenvalue weighted by atomic mass is 10.00. The molecule has 0 aliphatic carbocycles. The highest BCUT2D eigenvalue weighted by molar-refractivity contribution is 5.84. The number of ether oxygens (including phenoxy) is 3. The zero-order valence-corrected chi connectivity index (χ0v) is 18.9. The summed E-state index contributed by atoms with van der Waals surface area (Å²) in [7, 11) is 0. The number of hydrogen-bond acceptors (Lipinski definition) is 6. The molecule has 0 aliphatic heterocycles. The minimum absolute atomic E-state index is 0.124. The van der Waals surface area contributed by atoms with Crippen LogP contribution in [0.1, 0.15) is 37.0 Å². The monoisotopic (exact) mass is 457 g/mol. The normalized spacial score (nSPS) is 12.8. The Hall–Kier alpha value is -3.36. The molecule has 0 aliphatic rings. The molecule has 178 valence electrons. The molecule has 0 aromatic heterocycles. The van der Waals surface area contributed by atoms with Crippen LogP contribution in [0.3, 0.4) is 0 Å². The summed E-state index contributed by atoms with van der Waals surface area (Å²) >= 11 is 0. The summed E-state index contributed by atoms with van der Waals surface area (Å²) in [6.45, 7) is 4.19. The quantitative estimate of drug-likeness (QED) is 0.380. The summed E-state index contributed by atoms with van der Waals surface area (Å²) in [6, 6.07) is 14.4. The van der Waals surface area contributed by atoms with Crippen LogP contribution in [0.25, 0.3) is 0 Å². The van der Waals surface area contributed by atoms with Gasteiger partial charge in [0.15, 0.2) is 6.10 Å². The van der Waals surface area contributed by atoms with E-state index in [1.54, 1.807) is 42.5 Å². The topological polar surface area (TPSA) is 114 Å². The first kappa shape index (κ1) is 25.9. The van der Waals surface area contributed by atoms with Gasteiger partial charge in [0.1, 0.15) is 12.4 Å². The summed E-state index contributed by atoms with van der Waals surface area (Å²) in [5, 5.41) is 20.6. The van der Waals surface area contributed by atoms with Crippen LogP contribution in [0, 0.1) is 6.92 Å². The number of benzene rings is 2. The van der Waals surface area contributed by atoms with E-state index in [9.17, 15) is 9.59 Å². The number of allylic oxidation sites excluding steroid dienone is 1. The number of aryl methyl sites for hydroxylation is 1. The molecular formula is C25H31NO7. The smallest absolute Gasteiger partial charge is 0.412 e. The van der Waals surface area contributed by atoms with Gasteiger partial charge in [0.05, 0.1) is 12.7 Å². The number of aliphatic hydroxyl groups is 1. The van der Waals surface area contributed by atoms with Crippen molar-refractivity contribution >= 4 is 17.7 Å². The van der Waals surface area contributed by atoms with E-state index in [4.69, 9.17) is 24.4 Å². The van der Waals surface area contributed by atoms with Gasteiger partial charge in [0, 0.05) is 18.4 Å². The number of hydrogen-bond donors (Lipinski definition) is 3. The van der Waals surface area contributed by atoms with Crippen molar-refractivity contribution in [3.05, 3.63) is 71.8 Å². The third-order valence-corrected chi connectivity index (χ3v) is 4.68. The fourth-order valence-electron chi connectivity index (χ4n) is 3.18. The van der Waals surface area contributed by atoms with Gasteiger partial charge < -0.3 is 24.4 Å². The molecule has 2 aromatic carbocycles. The third-order valence-electron chi connectivity index (χ3n) is 4.68. The predicted octanol–water partition coefficient (Wildman–Crippen LogP) is 4.48. The van der Waals surface area contributed by atoms with E-state index in [0.717, 1.165) is 11.6 Å². The second-order valence-corrected chi connectivity index (χ2v) is 7.27. The Bertz CT molecular complexity index is 911. The van der Waals surface area contributed by atoms with E-state index >= 15 is 0 Å². The number of amides is 1. The van der Waals surface area contributed by atoms with Crippen LogP contribution in [0.2, 0.25) is 0 Å². The molecule has 0 saturated heterocycles. The van der Waals surface area contributed by atoms with Gasteiger partial charge in [-0.2, -0.15) is 0 Å². The SMILES string of the molecule is CCO[C@@H](CC/C=C/C(=O)O)[C@@H](OC(=O)Nc1ccc(C)cc1)c1cccc(OCCO)c1. The largest absolute Gasteiger partial charge is 0.491 e. The number of carbonyl (C=O) groups excluding carboxylic acids is 1. The van der Waals surface area contributed by atoms with E-state index in [1.165, 1.54) is 0 Å². The maximum atomic E-state index is 12.7. The molecule has 0 unspecified atom stereocenters. The van der Waals surface area contributed by atoms with Crippen molar-refractivity contribution in [3.63, 3.8) is 0 Å². The van der Waals surface area contributed by atoms with Crippen molar-refractivity contribution in [3.8, 4) is 5.75 Å². The van der Waals surface area contributed by atoms with Gasteiger partial charge in [-0.25, -0.2) is 9.59 Å². The Labute approximate surface area is 193 Å². The van der Waals surface area contributed by atoms with Crippen LogP contribution in [0.4, 0.5) is 10.5 Å². The van der Waals surface area contributed by atoms with Gasteiger partial charge in [0.2, 0.25) is 0 Å². The van der Waals surface area contributed by atoms with Gasteiger partial charge in [-0.1, -0.05) is 35.9 Å². The molecule has 0 radical (unpaired) electrons. The van der Waals surface area contributed by atoms with Gasteiger partial charge in [-0.3, -0.25) is 5.32 Å². The summed E-state index contributed by atoms with van der Waals surface area (Å²) in [5.41, 5.74) is 2.32. The molecule has 0 bridgehead atoms. The summed E-state index contributed by atoms with van der Waals surface area (Å²) in [5.74, 6) is -0.503. The lowest BCUT2D eigenvalue weighted by Gasteiger charge is -2.27. The Kier molecular flexibility index (Phi) is 10.9. The third kappa shape index (κ3) is 9.34. The first-order valence-electron chi connectivity index (χ1n) is 10.8. The summed E-state index contributed by atoms with van der Waals surface area (Å²) in [6.07, 6.45) is 1.54. The average Bonchev–Trinajstić information content (AvgIpc) is 2.80. The second-order valence-electron chi connectivity index (χ2n) is 7.27. The van der Waals surface area contributed by atoms with Gasteiger partial charge >= 0.3 is 12.1 Å². The number of rotatable bonds is 13. The number of carbonyl (C=O) groups is 2. The first-order chi connectivity index (χ1) is 15.9. The van der Waals surface area contributed by atoms with E-state index in [1.807, 2.05) is 26.0 Å². The molecule has 1 amide bonds. The molecule has 33 heavy (non-hydrogen) atoms. The molecule has 0 spiro atoms. The minimum atomic E-state index is -1.03. The average molecular weight is 458 g/mol. The van der Waals surface area contributed by atoms with E-state index < -0.39 is 24.3 Å². The van der Waals surface area contributed by atoms with Crippen molar-refractivity contribution in [2.24, 2.45) is 0 Å². The maximum absolute atomic E-state index is 12.7. The fraction of sp³-hybridized carbons (Fsp3) is 0.360. The Morgan fingerprint density at radius 2 is 1.91 bits per heavy atom. The molecule has 2 aromatic rings.